The Bertz CT molecular complexity index is 431. The van der Waals surface area contributed by atoms with Crippen molar-refractivity contribution in [2.45, 2.75) is 32.7 Å². The number of piperazine rings is 1. The minimum Gasteiger partial charge on any atom is -0.409 e. The molecule has 0 amide bonds. The van der Waals surface area contributed by atoms with E-state index in [0.29, 0.717) is 6.42 Å². The van der Waals surface area contributed by atoms with E-state index in [9.17, 15) is 8.42 Å². The first-order valence-corrected chi connectivity index (χ1v) is 9.39. The monoisotopic (exact) mass is 320 g/mol. The lowest BCUT2D eigenvalue weighted by molar-refractivity contribution is 0.114. The maximum Gasteiger partial charge on any atom is 0.156 e. The van der Waals surface area contributed by atoms with Crippen molar-refractivity contribution in [1.29, 1.82) is 0 Å². The van der Waals surface area contributed by atoms with E-state index in [-0.39, 0.29) is 23.4 Å². The van der Waals surface area contributed by atoms with Crippen LogP contribution in [-0.4, -0.2) is 79.5 Å². The van der Waals surface area contributed by atoms with Crippen LogP contribution in [0.1, 0.15) is 26.7 Å². The van der Waals surface area contributed by atoms with Crippen LogP contribution in [0.3, 0.4) is 0 Å². The quantitative estimate of drug-likeness (QED) is 0.282. The van der Waals surface area contributed by atoms with E-state index in [1.165, 1.54) is 0 Å². The zero-order valence-corrected chi connectivity index (χ0v) is 13.8. The molecule has 1 fully saturated rings. The molecule has 124 valence electrons. The van der Waals surface area contributed by atoms with Crippen molar-refractivity contribution in [3.63, 3.8) is 0 Å². The third-order valence-electron chi connectivity index (χ3n) is 4.06. The number of sulfone groups is 1. The predicted molar refractivity (Wildman–Crippen MR) is 84.4 cm³/mol. The number of rotatable bonds is 8. The molecule has 0 spiro atoms. The van der Waals surface area contributed by atoms with Gasteiger partial charge in [0.2, 0.25) is 0 Å². The summed E-state index contributed by atoms with van der Waals surface area (Å²) in [5.41, 5.74) is 5.71. The van der Waals surface area contributed by atoms with Gasteiger partial charge in [0.05, 0.1) is 11.8 Å². The van der Waals surface area contributed by atoms with E-state index in [2.05, 4.69) is 15.0 Å². The van der Waals surface area contributed by atoms with Gasteiger partial charge in [-0.1, -0.05) is 19.0 Å². The molecule has 1 aliphatic heterocycles. The summed E-state index contributed by atoms with van der Waals surface area (Å²) in [5.74, 6) is 0.754. The standard InChI is InChI=1S/C13H28N4O3S/c1-3-12(13(14)15-18)17-9-7-16(8-10-17)6-5-11-21(19,20)4-2/h12,18H,3-11H2,1-2H3,(H2,14,15). The summed E-state index contributed by atoms with van der Waals surface area (Å²) in [6, 6.07) is -0.0161. The first-order valence-electron chi connectivity index (χ1n) is 7.57. The number of amidine groups is 1. The van der Waals surface area contributed by atoms with Gasteiger partial charge in [-0.2, -0.15) is 0 Å². The van der Waals surface area contributed by atoms with Crippen molar-refractivity contribution < 1.29 is 13.6 Å². The SMILES string of the molecule is CCC(C(N)=NO)N1CCN(CCCS(=O)(=O)CC)CC1. The fourth-order valence-corrected chi connectivity index (χ4v) is 3.53. The molecule has 1 atom stereocenters. The van der Waals surface area contributed by atoms with Gasteiger partial charge in [0.25, 0.3) is 0 Å². The third-order valence-corrected chi connectivity index (χ3v) is 5.85. The molecule has 8 heteroatoms. The van der Waals surface area contributed by atoms with Crippen molar-refractivity contribution in [3.8, 4) is 0 Å². The lowest BCUT2D eigenvalue weighted by Gasteiger charge is -2.38. The van der Waals surface area contributed by atoms with Crippen LogP contribution in [0.2, 0.25) is 0 Å². The number of hydrogen-bond donors (Lipinski definition) is 2. The Morgan fingerprint density at radius 3 is 2.38 bits per heavy atom. The van der Waals surface area contributed by atoms with E-state index >= 15 is 0 Å². The van der Waals surface area contributed by atoms with Crippen LogP contribution in [0.5, 0.6) is 0 Å². The molecule has 0 saturated carbocycles. The van der Waals surface area contributed by atoms with Crippen molar-refractivity contribution in [1.82, 2.24) is 9.80 Å². The van der Waals surface area contributed by atoms with Crippen LogP contribution in [0.25, 0.3) is 0 Å². The second-order valence-electron chi connectivity index (χ2n) is 5.42. The Balaban J connectivity index is 2.35. The first kappa shape index (κ1) is 18.2. The second-order valence-corrected chi connectivity index (χ2v) is 7.89. The Labute approximate surface area is 127 Å². The smallest absolute Gasteiger partial charge is 0.156 e. The van der Waals surface area contributed by atoms with Gasteiger partial charge in [-0.05, 0) is 19.4 Å². The maximum absolute atomic E-state index is 11.5. The highest BCUT2D eigenvalue weighted by Gasteiger charge is 2.25. The third kappa shape index (κ3) is 5.80. The van der Waals surface area contributed by atoms with Gasteiger partial charge in [0, 0.05) is 31.9 Å². The lowest BCUT2D eigenvalue weighted by atomic mass is 10.1. The van der Waals surface area contributed by atoms with Gasteiger partial charge in [-0.15, -0.1) is 0 Å². The Kier molecular flexibility index (Phi) is 7.41. The first-order chi connectivity index (χ1) is 9.93. The number of nitrogens with two attached hydrogens (primary N) is 1. The highest BCUT2D eigenvalue weighted by Crippen LogP contribution is 2.10. The van der Waals surface area contributed by atoms with Gasteiger partial charge >= 0.3 is 0 Å². The molecular weight excluding hydrogens is 292 g/mol. The molecule has 1 unspecified atom stereocenters. The lowest BCUT2D eigenvalue weighted by Crippen LogP contribution is -2.54. The Hall–Kier alpha value is -0.860. The van der Waals surface area contributed by atoms with Gasteiger partial charge in [0.15, 0.2) is 5.84 Å². The Morgan fingerprint density at radius 2 is 1.90 bits per heavy atom. The highest BCUT2D eigenvalue weighted by atomic mass is 32.2. The van der Waals surface area contributed by atoms with E-state index in [0.717, 1.165) is 39.1 Å². The summed E-state index contributed by atoms with van der Waals surface area (Å²) in [5, 5.41) is 11.9. The van der Waals surface area contributed by atoms with Crippen LogP contribution < -0.4 is 5.73 Å². The van der Waals surface area contributed by atoms with Crippen LogP contribution >= 0.6 is 0 Å². The van der Waals surface area contributed by atoms with Gasteiger partial charge in [0.1, 0.15) is 9.84 Å². The fourth-order valence-electron chi connectivity index (χ4n) is 2.67. The van der Waals surface area contributed by atoms with Gasteiger partial charge in [-0.25, -0.2) is 8.42 Å². The highest BCUT2D eigenvalue weighted by molar-refractivity contribution is 7.91. The molecule has 1 rings (SSSR count). The number of hydrogen-bond acceptors (Lipinski definition) is 6. The van der Waals surface area contributed by atoms with E-state index < -0.39 is 9.84 Å². The molecular formula is C13H28N4O3S. The molecule has 0 radical (unpaired) electrons. The summed E-state index contributed by atoms with van der Waals surface area (Å²) in [6.07, 6.45) is 1.50. The second kappa shape index (κ2) is 8.55. The molecule has 0 aromatic rings. The van der Waals surface area contributed by atoms with E-state index in [4.69, 9.17) is 10.9 Å². The molecule has 0 aromatic heterocycles. The summed E-state index contributed by atoms with van der Waals surface area (Å²) in [6.45, 7) is 8.01. The molecule has 7 nitrogen and oxygen atoms in total. The molecule has 21 heavy (non-hydrogen) atoms. The van der Waals surface area contributed by atoms with Gasteiger partial charge < -0.3 is 15.8 Å². The average molecular weight is 320 g/mol. The number of nitrogens with zero attached hydrogens (tertiary/aromatic N) is 3. The van der Waals surface area contributed by atoms with Crippen molar-refractivity contribution in [2.24, 2.45) is 10.9 Å². The zero-order valence-electron chi connectivity index (χ0n) is 13.0. The summed E-state index contributed by atoms with van der Waals surface area (Å²) < 4.78 is 22.9. The van der Waals surface area contributed by atoms with Crippen LogP contribution in [0.15, 0.2) is 5.16 Å². The summed E-state index contributed by atoms with van der Waals surface area (Å²) >= 11 is 0. The molecule has 0 bridgehead atoms. The zero-order chi connectivity index (χ0) is 15.9. The molecule has 0 aromatic carbocycles. The van der Waals surface area contributed by atoms with Crippen LogP contribution in [0.4, 0.5) is 0 Å². The predicted octanol–water partition coefficient (Wildman–Crippen LogP) is -0.0462. The molecule has 3 N–H and O–H groups in total. The normalized spacial score (nSPS) is 20.6. The van der Waals surface area contributed by atoms with Crippen LogP contribution in [-0.2, 0) is 9.84 Å². The van der Waals surface area contributed by atoms with Crippen molar-refractivity contribution in [2.75, 3.05) is 44.2 Å². The maximum atomic E-state index is 11.5. The van der Waals surface area contributed by atoms with Crippen molar-refractivity contribution in [3.05, 3.63) is 0 Å². The average Bonchev–Trinajstić information content (AvgIpc) is 2.49. The molecule has 1 saturated heterocycles. The topological polar surface area (TPSA) is 99.2 Å². The fraction of sp³-hybridized carbons (Fsp3) is 0.923. The Morgan fingerprint density at radius 1 is 1.29 bits per heavy atom. The van der Waals surface area contributed by atoms with E-state index in [1.807, 2.05) is 6.92 Å². The van der Waals surface area contributed by atoms with Crippen molar-refractivity contribution >= 4 is 15.7 Å². The number of oxime groups is 1. The molecule has 1 heterocycles. The summed E-state index contributed by atoms with van der Waals surface area (Å²) in [7, 11) is -2.86. The van der Waals surface area contributed by atoms with Crippen LogP contribution in [0, 0.1) is 0 Å². The largest absolute Gasteiger partial charge is 0.409 e. The summed E-state index contributed by atoms with van der Waals surface area (Å²) in [4.78, 5) is 4.50. The molecule has 1 aliphatic rings. The van der Waals surface area contributed by atoms with E-state index in [1.54, 1.807) is 6.92 Å². The molecule has 0 aliphatic carbocycles. The minimum absolute atomic E-state index is 0.0161. The van der Waals surface area contributed by atoms with Gasteiger partial charge in [-0.3, -0.25) is 4.90 Å². The minimum atomic E-state index is -2.86.